The average Bonchev–Trinajstić information content (AvgIpc) is 2.79. The summed E-state index contributed by atoms with van der Waals surface area (Å²) in [5.41, 5.74) is 5.46. The molecule has 0 heterocycles. The van der Waals surface area contributed by atoms with Gasteiger partial charge < -0.3 is 4.74 Å². The molecule has 0 saturated heterocycles. The van der Waals surface area contributed by atoms with Crippen LogP contribution in [-0.4, -0.2) is 26.8 Å². The largest absolute Gasteiger partial charge is 0.494 e. The van der Waals surface area contributed by atoms with Crippen molar-refractivity contribution in [1.82, 2.24) is 10.9 Å². The zero-order valence-electron chi connectivity index (χ0n) is 17.0. The summed E-state index contributed by atoms with van der Waals surface area (Å²) in [5, 5.41) is 0.484. The third-order valence-electron chi connectivity index (χ3n) is 4.24. The van der Waals surface area contributed by atoms with Gasteiger partial charge >= 0.3 is 0 Å². The van der Waals surface area contributed by atoms with Crippen molar-refractivity contribution in [2.75, 3.05) is 11.3 Å². The lowest BCUT2D eigenvalue weighted by Gasteiger charge is -2.10. The van der Waals surface area contributed by atoms with Gasteiger partial charge in [0.15, 0.2) is 0 Å². The molecule has 3 aromatic rings. The first-order valence-corrected chi connectivity index (χ1v) is 11.4. The van der Waals surface area contributed by atoms with E-state index in [0.29, 0.717) is 28.6 Å². The molecule has 3 aromatic carbocycles. The second-order valence-electron chi connectivity index (χ2n) is 6.50. The number of hydrazine groups is 1. The molecule has 0 saturated carbocycles. The van der Waals surface area contributed by atoms with Crippen LogP contribution in [0.25, 0.3) is 0 Å². The fourth-order valence-corrected chi connectivity index (χ4v) is 3.83. The molecule has 0 radical (unpaired) electrons. The molecule has 32 heavy (non-hydrogen) atoms. The molecule has 0 unspecified atom stereocenters. The summed E-state index contributed by atoms with van der Waals surface area (Å²) in [7, 11) is -3.84. The van der Waals surface area contributed by atoms with Crippen LogP contribution in [0.3, 0.4) is 0 Å². The maximum atomic E-state index is 12.5. The number of carbonyl (C=O) groups is 2. The van der Waals surface area contributed by atoms with Crippen LogP contribution in [0.1, 0.15) is 27.6 Å². The minimum absolute atomic E-state index is 0.0255. The van der Waals surface area contributed by atoms with Gasteiger partial charge in [-0.15, -0.1) is 0 Å². The summed E-state index contributed by atoms with van der Waals surface area (Å²) in [6, 6.07) is 17.9. The summed E-state index contributed by atoms with van der Waals surface area (Å²) >= 11 is 5.80. The summed E-state index contributed by atoms with van der Waals surface area (Å²) in [6.45, 7) is 2.37. The van der Waals surface area contributed by atoms with Gasteiger partial charge in [-0.1, -0.05) is 11.6 Å². The van der Waals surface area contributed by atoms with E-state index in [0.717, 1.165) is 0 Å². The number of anilines is 1. The first-order valence-electron chi connectivity index (χ1n) is 9.50. The minimum Gasteiger partial charge on any atom is -0.494 e. The number of halogens is 1. The lowest BCUT2D eigenvalue weighted by Crippen LogP contribution is -2.41. The molecule has 8 nitrogen and oxygen atoms in total. The average molecular weight is 474 g/mol. The Morgan fingerprint density at radius 2 is 1.31 bits per heavy atom. The van der Waals surface area contributed by atoms with E-state index >= 15 is 0 Å². The van der Waals surface area contributed by atoms with E-state index < -0.39 is 21.8 Å². The number of ether oxygens (including phenoxy) is 1. The zero-order chi connectivity index (χ0) is 23.1. The predicted molar refractivity (Wildman–Crippen MR) is 121 cm³/mol. The normalized spacial score (nSPS) is 10.8. The highest BCUT2D eigenvalue weighted by Crippen LogP contribution is 2.19. The highest BCUT2D eigenvalue weighted by atomic mass is 35.5. The number of amides is 2. The number of carbonyl (C=O) groups excluding carboxylic acids is 2. The lowest BCUT2D eigenvalue weighted by molar-refractivity contribution is 0.0846. The molecule has 10 heteroatoms. The fraction of sp³-hybridized carbons (Fsp3) is 0.0909. The number of nitrogens with one attached hydrogen (secondary N) is 3. The lowest BCUT2D eigenvalue weighted by atomic mass is 10.2. The van der Waals surface area contributed by atoms with Crippen LogP contribution in [-0.2, 0) is 10.0 Å². The van der Waals surface area contributed by atoms with E-state index in [1.807, 2.05) is 6.92 Å². The Hall–Kier alpha value is -3.56. The van der Waals surface area contributed by atoms with Crippen LogP contribution in [0.4, 0.5) is 5.69 Å². The van der Waals surface area contributed by atoms with Gasteiger partial charge in [-0.05, 0) is 79.7 Å². The minimum atomic E-state index is -3.84. The molecule has 3 N–H and O–H groups in total. The Kier molecular flexibility index (Phi) is 7.34. The number of rotatable bonds is 7. The van der Waals surface area contributed by atoms with Crippen molar-refractivity contribution in [3.05, 3.63) is 88.9 Å². The number of hydrogen-bond acceptors (Lipinski definition) is 5. The van der Waals surface area contributed by atoms with Gasteiger partial charge in [0, 0.05) is 21.8 Å². The molecule has 0 spiro atoms. The van der Waals surface area contributed by atoms with Crippen molar-refractivity contribution >= 4 is 39.1 Å². The van der Waals surface area contributed by atoms with Crippen LogP contribution in [0.2, 0.25) is 5.02 Å². The van der Waals surface area contributed by atoms with E-state index in [9.17, 15) is 18.0 Å². The molecule has 166 valence electrons. The first kappa shape index (κ1) is 23.1. The second-order valence-corrected chi connectivity index (χ2v) is 8.62. The monoisotopic (exact) mass is 473 g/mol. The van der Waals surface area contributed by atoms with Crippen molar-refractivity contribution in [3.63, 3.8) is 0 Å². The maximum absolute atomic E-state index is 12.5. The first-order chi connectivity index (χ1) is 15.3. The summed E-state index contributed by atoms with van der Waals surface area (Å²) in [4.78, 5) is 24.4. The molecular weight excluding hydrogens is 454 g/mol. The van der Waals surface area contributed by atoms with Gasteiger partial charge in [0.2, 0.25) is 0 Å². The van der Waals surface area contributed by atoms with Gasteiger partial charge in [-0.2, -0.15) is 0 Å². The van der Waals surface area contributed by atoms with E-state index in [-0.39, 0.29) is 10.5 Å². The van der Waals surface area contributed by atoms with Crippen LogP contribution < -0.4 is 20.3 Å². The topological polar surface area (TPSA) is 114 Å². The van der Waals surface area contributed by atoms with Crippen molar-refractivity contribution in [2.24, 2.45) is 0 Å². The Bertz CT molecular complexity index is 1200. The van der Waals surface area contributed by atoms with Crippen molar-refractivity contribution in [1.29, 1.82) is 0 Å². The van der Waals surface area contributed by atoms with Crippen molar-refractivity contribution in [2.45, 2.75) is 11.8 Å². The maximum Gasteiger partial charge on any atom is 0.269 e. The van der Waals surface area contributed by atoms with Gasteiger partial charge in [0.1, 0.15) is 5.75 Å². The van der Waals surface area contributed by atoms with Crippen LogP contribution in [0, 0.1) is 0 Å². The van der Waals surface area contributed by atoms with Crippen molar-refractivity contribution in [3.8, 4) is 5.75 Å². The molecule has 0 aliphatic rings. The molecule has 0 aliphatic heterocycles. The highest BCUT2D eigenvalue weighted by Gasteiger charge is 2.16. The number of sulfonamides is 1. The van der Waals surface area contributed by atoms with E-state index in [1.165, 1.54) is 36.4 Å². The Morgan fingerprint density at radius 3 is 1.81 bits per heavy atom. The Balaban J connectivity index is 1.59. The summed E-state index contributed by atoms with van der Waals surface area (Å²) in [6.07, 6.45) is 0. The van der Waals surface area contributed by atoms with Crippen LogP contribution >= 0.6 is 11.6 Å². The molecule has 0 aromatic heterocycles. The van der Waals surface area contributed by atoms with E-state index in [1.54, 1.807) is 36.4 Å². The second kappa shape index (κ2) is 10.2. The molecular formula is C22H20ClN3O5S. The number of benzene rings is 3. The predicted octanol–water partition coefficient (Wildman–Crippen LogP) is 3.61. The third-order valence-corrected chi connectivity index (χ3v) is 5.89. The SMILES string of the molecule is CCOc1ccc(C(=O)NNC(=O)c2ccc(S(=O)(=O)Nc3ccc(Cl)cc3)cc2)cc1. The Labute approximate surface area is 190 Å². The fourth-order valence-electron chi connectivity index (χ4n) is 2.64. The van der Waals surface area contributed by atoms with E-state index in [4.69, 9.17) is 16.3 Å². The third kappa shape index (κ3) is 5.99. The van der Waals surface area contributed by atoms with Crippen LogP contribution in [0.15, 0.2) is 77.7 Å². The van der Waals surface area contributed by atoms with Gasteiger partial charge in [0.05, 0.1) is 11.5 Å². The molecule has 0 fully saturated rings. The smallest absolute Gasteiger partial charge is 0.269 e. The standard InChI is InChI=1S/C22H20ClN3O5S/c1-2-31-19-11-3-15(4-12-19)21(27)24-25-22(28)16-5-13-20(14-6-16)32(29,30)26-18-9-7-17(23)8-10-18/h3-14,26H,2H2,1H3,(H,24,27)(H,25,28). The highest BCUT2D eigenvalue weighted by molar-refractivity contribution is 7.92. The van der Waals surface area contributed by atoms with Crippen molar-refractivity contribution < 1.29 is 22.7 Å². The molecule has 2 amide bonds. The van der Waals surface area contributed by atoms with Gasteiger partial charge in [-0.3, -0.25) is 25.2 Å². The molecule has 0 bridgehead atoms. The molecule has 3 rings (SSSR count). The van der Waals surface area contributed by atoms with Gasteiger partial charge in [-0.25, -0.2) is 8.42 Å². The molecule has 0 aliphatic carbocycles. The molecule has 0 atom stereocenters. The van der Waals surface area contributed by atoms with Gasteiger partial charge in [0.25, 0.3) is 21.8 Å². The summed E-state index contributed by atoms with van der Waals surface area (Å²) < 4.78 is 32.7. The summed E-state index contributed by atoms with van der Waals surface area (Å²) in [5.74, 6) is -0.472. The van der Waals surface area contributed by atoms with Crippen LogP contribution in [0.5, 0.6) is 5.75 Å². The zero-order valence-corrected chi connectivity index (χ0v) is 18.5. The number of hydrogen-bond donors (Lipinski definition) is 3. The quantitative estimate of drug-likeness (QED) is 0.453. The van der Waals surface area contributed by atoms with E-state index in [2.05, 4.69) is 15.6 Å². The Morgan fingerprint density at radius 1 is 0.812 bits per heavy atom.